The van der Waals surface area contributed by atoms with E-state index in [1.165, 1.54) is 12.0 Å². The van der Waals surface area contributed by atoms with Crippen molar-refractivity contribution in [2.75, 3.05) is 32.3 Å². The SMILES string of the molecule is CCOc1cc([C@@H](CS(C)(=O)=O)N2C(=O)c3cccc(CCCCCCCCCCC(=O)N[C@H](C(=O)N4C[C@H](O)C[C@H]4C(=O)NCc4ccc(-c5scnc5C)cc4)C(C)(C)C)c3C2=O)ccc1OC. The number of rotatable bonds is 24. The fourth-order valence-corrected chi connectivity index (χ4v) is 11.0. The lowest BCUT2D eigenvalue weighted by Gasteiger charge is -2.35. The third-order valence-corrected chi connectivity index (χ3v) is 14.9. The monoisotopic (exact) mass is 999 g/mol. The number of benzene rings is 3. The number of hydrogen-bond acceptors (Lipinski definition) is 12. The maximum Gasteiger partial charge on any atom is 0.262 e. The molecular formula is C53H69N5O10S2. The van der Waals surface area contributed by atoms with Gasteiger partial charge in [-0.1, -0.05) is 102 Å². The predicted octanol–water partition coefficient (Wildman–Crippen LogP) is 7.77. The number of likely N-dealkylation sites (tertiary alicyclic amines) is 1. The number of aryl methyl sites for hydroxylation is 2. The van der Waals surface area contributed by atoms with Crippen LogP contribution in [0.25, 0.3) is 10.4 Å². The molecule has 0 spiro atoms. The first-order valence-corrected chi connectivity index (χ1v) is 27.3. The molecule has 0 saturated carbocycles. The van der Waals surface area contributed by atoms with Crippen LogP contribution in [0.4, 0.5) is 0 Å². The number of imide groups is 1. The molecule has 17 heteroatoms. The quantitative estimate of drug-likeness (QED) is 0.0457. The Morgan fingerprint density at radius 2 is 1.61 bits per heavy atom. The number of sulfone groups is 1. The lowest BCUT2D eigenvalue weighted by Crippen LogP contribution is -2.57. The fraction of sp³-hybridized carbons (Fsp3) is 0.509. The molecular weight excluding hydrogens is 931 g/mol. The first-order chi connectivity index (χ1) is 33.3. The maximum absolute atomic E-state index is 14.1. The second-order valence-corrected chi connectivity index (χ2v) is 22.6. The standard InChI is InChI=1S/C53H69N5O10S2/c1-8-68-44-28-38(26-27-43(44)67-6)42(32-70(7,65)66)58-50(62)40-20-17-19-36(46(40)51(58)63)18-15-13-11-9-10-12-14-16-21-45(60)56-48(53(3,4)5)52(64)57-31-39(59)29-41(57)49(61)54-30-35-22-24-37(25-23-35)47-34(2)55-33-69-47/h17,19-20,22-28,33,39,41-42,48,59H,8-16,18,21,29-32H2,1-7H3,(H,54,61)(H,56,60)/t39-,41+,42-,48-/m1/s1. The van der Waals surface area contributed by atoms with Crippen molar-refractivity contribution in [1.82, 2.24) is 25.4 Å². The number of aliphatic hydroxyl groups excluding tert-OH is 1. The van der Waals surface area contributed by atoms with E-state index in [4.69, 9.17) is 9.47 Å². The van der Waals surface area contributed by atoms with Gasteiger partial charge in [-0.2, -0.15) is 0 Å². The molecule has 6 rings (SSSR count). The summed E-state index contributed by atoms with van der Waals surface area (Å²) in [5.41, 5.74) is 5.88. The number of methoxy groups -OCH3 is 1. The Balaban J connectivity index is 0.922. The van der Waals surface area contributed by atoms with Gasteiger partial charge in [-0.05, 0) is 79.0 Å². The zero-order valence-electron chi connectivity index (χ0n) is 41.5. The Bertz CT molecular complexity index is 2610. The molecule has 0 unspecified atom stereocenters. The zero-order chi connectivity index (χ0) is 50.8. The van der Waals surface area contributed by atoms with Gasteiger partial charge in [0.25, 0.3) is 11.8 Å². The molecule has 70 heavy (non-hydrogen) atoms. The van der Waals surface area contributed by atoms with Crippen molar-refractivity contribution >= 4 is 50.7 Å². The number of nitrogens with zero attached hydrogens (tertiary/aromatic N) is 3. The summed E-state index contributed by atoms with van der Waals surface area (Å²) >= 11 is 1.57. The van der Waals surface area contributed by atoms with Crippen LogP contribution < -0.4 is 20.1 Å². The number of β-amino-alcohol motifs (C(OH)–C–C–N with tert-alkyl or cyclic N) is 1. The van der Waals surface area contributed by atoms with Crippen molar-refractivity contribution in [1.29, 1.82) is 0 Å². The maximum atomic E-state index is 14.1. The number of fused-ring (bicyclic) bond motifs is 1. The number of carbonyl (C=O) groups is 5. The predicted molar refractivity (Wildman–Crippen MR) is 270 cm³/mol. The van der Waals surface area contributed by atoms with Crippen LogP contribution in [-0.2, 0) is 37.2 Å². The minimum atomic E-state index is -3.63. The third-order valence-electron chi connectivity index (χ3n) is 13.0. The molecule has 0 bridgehead atoms. The Hall–Kier alpha value is -5.65. The summed E-state index contributed by atoms with van der Waals surface area (Å²) in [7, 11) is -2.13. The van der Waals surface area contributed by atoms with Crippen LogP contribution in [0.2, 0.25) is 0 Å². The van der Waals surface area contributed by atoms with E-state index in [0.29, 0.717) is 42.1 Å². The van der Waals surface area contributed by atoms with Crippen molar-refractivity contribution in [3.05, 3.63) is 99.7 Å². The summed E-state index contributed by atoms with van der Waals surface area (Å²) < 4.78 is 36.4. The van der Waals surface area contributed by atoms with Crippen LogP contribution in [0.3, 0.4) is 0 Å². The van der Waals surface area contributed by atoms with Crippen LogP contribution >= 0.6 is 11.3 Å². The van der Waals surface area contributed by atoms with Crippen LogP contribution in [0.15, 0.2) is 66.2 Å². The second kappa shape index (κ2) is 24.0. The van der Waals surface area contributed by atoms with Gasteiger partial charge in [-0.3, -0.25) is 28.9 Å². The number of ether oxygens (including phenoxy) is 2. The molecule has 3 N–H and O–H groups in total. The topological polar surface area (TPSA) is 202 Å². The number of amides is 5. The second-order valence-electron chi connectivity index (χ2n) is 19.5. The minimum Gasteiger partial charge on any atom is -0.493 e. The molecule has 2 aliphatic rings. The number of hydrogen-bond donors (Lipinski definition) is 3. The van der Waals surface area contributed by atoms with Crippen molar-refractivity contribution in [3.63, 3.8) is 0 Å². The first kappa shape index (κ1) is 53.7. The molecule has 1 fully saturated rings. The van der Waals surface area contributed by atoms with Crippen molar-refractivity contribution in [2.45, 2.75) is 136 Å². The fourth-order valence-electron chi connectivity index (χ4n) is 9.32. The van der Waals surface area contributed by atoms with Gasteiger partial charge in [0.1, 0.15) is 21.9 Å². The Morgan fingerprint density at radius 3 is 2.24 bits per heavy atom. The highest BCUT2D eigenvalue weighted by molar-refractivity contribution is 7.90. The van der Waals surface area contributed by atoms with Crippen LogP contribution in [0, 0.1) is 12.3 Å². The number of carbonyl (C=O) groups excluding carboxylic acids is 5. The average Bonchev–Trinajstić information content (AvgIpc) is 4.00. The van der Waals surface area contributed by atoms with E-state index >= 15 is 0 Å². The summed E-state index contributed by atoms with van der Waals surface area (Å²) in [6.45, 7) is 10.0. The van der Waals surface area contributed by atoms with Crippen molar-refractivity contribution < 1.29 is 47.0 Å². The molecule has 3 aromatic carbocycles. The normalized spacial score (nSPS) is 16.8. The van der Waals surface area contributed by atoms with Crippen LogP contribution in [0.1, 0.15) is 141 Å². The molecule has 4 aromatic rings. The van der Waals surface area contributed by atoms with E-state index in [-0.39, 0.29) is 49.2 Å². The lowest BCUT2D eigenvalue weighted by molar-refractivity contribution is -0.144. The summed E-state index contributed by atoms with van der Waals surface area (Å²) in [4.78, 5) is 76.6. The molecule has 2 aliphatic heterocycles. The highest BCUT2D eigenvalue weighted by atomic mass is 32.2. The molecule has 0 radical (unpaired) electrons. The summed E-state index contributed by atoms with van der Waals surface area (Å²) in [6, 6.07) is 15.2. The van der Waals surface area contributed by atoms with Gasteiger partial charge >= 0.3 is 0 Å². The van der Waals surface area contributed by atoms with Gasteiger partial charge in [0, 0.05) is 32.2 Å². The molecule has 1 saturated heterocycles. The Labute approximate surface area is 416 Å². The average molecular weight is 1000 g/mol. The highest BCUT2D eigenvalue weighted by Crippen LogP contribution is 2.38. The van der Waals surface area contributed by atoms with Gasteiger partial charge in [-0.25, -0.2) is 13.4 Å². The van der Waals surface area contributed by atoms with Crippen LogP contribution in [-0.4, -0.2) is 108 Å². The zero-order valence-corrected chi connectivity index (χ0v) is 43.2. The van der Waals surface area contributed by atoms with Crippen molar-refractivity contribution in [3.8, 4) is 21.9 Å². The minimum absolute atomic E-state index is 0.00794. The van der Waals surface area contributed by atoms with E-state index in [2.05, 4.69) is 15.6 Å². The summed E-state index contributed by atoms with van der Waals surface area (Å²) in [6.07, 6.45) is 8.34. The van der Waals surface area contributed by atoms with Gasteiger partial charge < -0.3 is 30.1 Å². The number of nitrogens with one attached hydrogen (secondary N) is 2. The number of aromatic nitrogens is 1. The van der Waals surface area contributed by atoms with E-state index in [1.807, 2.05) is 70.5 Å². The van der Waals surface area contributed by atoms with Crippen molar-refractivity contribution in [2.24, 2.45) is 5.41 Å². The van der Waals surface area contributed by atoms with Gasteiger partial charge in [0.05, 0.1) is 58.8 Å². The Morgan fingerprint density at radius 1 is 0.929 bits per heavy atom. The largest absolute Gasteiger partial charge is 0.493 e. The summed E-state index contributed by atoms with van der Waals surface area (Å²) in [5.74, 6) is -1.62. The molecule has 0 aliphatic carbocycles. The first-order valence-electron chi connectivity index (χ1n) is 24.3. The molecule has 3 heterocycles. The molecule has 5 amide bonds. The highest BCUT2D eigenvalue weighted by Gasteiger charge is 2.45. The van der Waals surface area contributed by atoms with Crippen LogP contribution in [0.5, 0.6) is 11.5 Å². The Kier molecular flexibility index (Phi) is 18.4. The van der Waals surface area contributed by atoms with Gasteiger partial charge in [-0.15, -0.1) is 11.3 Å². The lowest BCUT2D eigenvalue weighted by atomic mass is 9.85. The van der Waals surface area contributed by atoms with E-state index in [1.54, 1.807) is 41.7 Å². The molecule has 4 atom stereocenters. The smallest absolute Gasteiger partial charge is 0.262 e. The number of unbranched alkanes of at least 4 members (excludes halogenated alkanes) is 7. The van der Waals surface area contributed by atoms with Gasteiger partial charge in [0.2, 0.25) is 17.7 Å². The third kappa shape index (κ3) is 13.6. The molecule has 15 nitrogen and oxygen atoms in total. The van der Waals surface area contributed by atoms with E-state index < -0.39 is 57.0 Å². The molecule has 1 aromatic heterocycles. The molecule has 378 valence electrons. The number of aliphatic hydroxyl groups is 1. The van der Waals surface area contributed by atoms with E-state index in [9.17, 15) is 37.5 Å². The van der Waals surface area contributed by atoms with E-state index in [0.717, 1.165) is 83.4 Å². The number of thiazole rings is 1. The van der Waals surface area contributed by atoms with Gasteiger partial charge in [0.15, 0.2) is 11.5 Å². The summed E-state index contributed by atoms with van der Waals surface area (Å²) in [5, 5.41) is 16.5.